The Balaban J connectivity index is 1.40. The Morgan fingerprint density at radius 3 is 2.71 bits per heavy atom. The number of aryl methyl sites for hydroxylation is 1. The van der Waals surface area contributed by atoms with E-state index in [1.54, 1.807) is 12.4 Å². The van der Waals surface area contributed by atoms with E-state index in [0.717, 1.165) is 30.6 Å². The lowest BCUT2D eigenvalue weighted by Crippen LogP contribution is -2.50. The zero-order chi connectivity index (χ0) is 16.5. The Kier molecular flexibility index (Phi) is 4.10. The van der Waals surface area contributed by atoms with E-state index in [4.69, 9.17) is 4.74 Å². The molecule has 2 aromatic rings. The van der Waals surface area contributed by atoms with Crippen LogP contribution in [0, 0.1) is 6.92 Å². The maximum atomic E-state index is 12.6. The lowest BCUT2D eigenvalue weighted by Gasteiger charge is -2.38. The first kappa shape index (κ1) is 15.4. The highest BCUT2D eigenvalue weighted by Gasteiger charge is 2.44. The molecule has 126 valence electrons. The Morgan fingerprint density at radius 1 is 1.29 bits per heavy atom. The summed E-state index contributed by atoms with van der Waals surface area (Å²) in [4.78, 5) is 24.2. The van der Waals surface area contributed by atoms with Crippen LogP contribution in [-0.4, -0.2) is 39.1 Å². The van der Waals surface area contributed by atoms with Gasteiger partial charge < -0.3 is 9.64 Å². The van der Waals surface area contributed by atoms with Gasteiger partial charge >= 0.3 is 6.03 Å². The zero-order valence-electron chi connectivity index (χ0n) is 13.5. The number of pyridine rings is 1. The van der Waals surface area contributed by atoms with E-state index < -0.39 is 0 Å². The second-order valence-electron chi connectivity index (χ2n) is 6.38. The predicted molar refractivity (Wildman–Crippen MR) is 92.4 cm³/mol. The van der Waals surface area contributed by atoms with Crippen LogP contribution in [0.3, 0.4) is 0 Å². The minimum Gasteiger partial charge on any atom is -0.474 e. The van der Waals surface area contributed by atoms with Gasteiger partial charge in [0.05, 0.1) is 0 Å². The van der Waals surface area contributed by atoms with Gasteiger partial charge in [0.1, 0.15) is 6.10 Å². The zero-order valence-corrected chi connectivity index (χ0v) is 14.3. The van der Waals surface area contributed by atoms with E-state index in [1.807, 2.05) is 30.0 Å². The third kappa shape index (κ3) is 3.08. The van der Waals surface area contributed by atoms with Gasteiger partial charge in [-0.1, -0.05) is 6.07 Å². The number of aromatic nitrogens is 2. The van der Waals surface area contributed by atoms with E-state index in [0.29, 0.717) is 11.0 Å². The highest BCUT2D eigenvalue weighted by Crippen LogP contribution is 2.37. The molecule has 4 rings (SSSR count). The van der Waals surface area contributed by atoms with Gasteiger partial charge in [0, 0.05) is 48.3 Å². The number of urea groups is 1. The van der Waals surface area contributed by atoms with E-state index in [2.05, 4.69) is 15.3 Å². The third-order valence-corrected chi connectivity index (χ3v) is 5.51. The molecule has 1 N–H and O–H groups in total. The monoisotopic (exact) mass is 344 g/mol. The van der Waals surface area contributed by atoms with Crippen LogP contribution >= 0.6 is 11.3 Å². The first-order valence-corrected chi connectivity index (χ1v) is 9.10. The fourth-order valence-electron chi connectivity index (χ4n) is 3.71. The van der Waals surface area contributed by atoms with Crippen LogP contribution in [0.2, 0.25) is 0 Å². The van der Waals surface area contributed by atoms with E-state index >= 15 is 0 Å². The lowest BCUT2D eigenvalue weighted by molar-refractivity contribution is 0.0704. The molecule has 2 saturated heterocycles. The number of hydrogen-bond donors (Lipinski definition) is 1. The summed E-state index contributed by atoms with van der Waals surface area (Å²) in [5.74, 6) is 0.665. The van der Waals surface area contributed by atoms with Crippen molar-refractivity contribution in [2.75, 3.05) is 5.32 Å². The normalized spacial score (nSPS) is 25.5. The van der Waals surface area contributed by atoms with Crippen LogP contribution in [0.1, 0.15) is 30.6 Å². The van der Waals surface area contributed by atoms with Crippen molar-refractivity contribution in [2.45, 2.75) is 50.8 Å². The maximum Gasteiger partial charge on any atom is 0.324 e. The van der Waals surface area contributed by atoms with Crippen molar-refractivity contribution in [1.29, 1.82) is 0 Å². The number of hydrogen-bond acceptors (Lipinski definition) is 5. The number of nitrogens with one attached hydrogen (secondary N) is 1. The number of rotatable bonds is 3. The summed E-state index contributed by atoms with van der Waals surface area (Å²) in [5, 5.41) is 3.61. The van der Waals surface area contributed by atoms with Crippen molar-refractivity contribution in [3.63, 3.8) is 0 Å². The van der Waals surface area contributed by atoms with Crippen LogP contribution in [0.4, 0.5) is 9.93 Å². The van der Waals surface area contributed by atoms with E-state index in [9.17, 15) is 4.79 Å². The molecule has 2 unspecified atom stereocenters. The van der Waals surface area contributed by atoms with Crippen molar-refractivity contribution in [1.82, 2.24) is 14.9 Å². The lowest BCUT2D eigenvalue weighted by atomic mass is 10.00. The number of carbonyl (C=O) groups excluding carboxylic acids is 1. The Hall–Kier alpha value is -2.15. The van der Waals surface area contributed by atoms with Gasteiger partial charge in [-0.2, -0.15) is 0 Å². The van der Waals surface area contributed by atoms with Gasteiger partial charge in [0.25, 0.3) is 0 Å². The number of nitrogens with zero attached hydrogens (tertiary/aromatic N) is 3. The molecule has 0 radical (unpaired) electrons. The molecule has 7 heteroatoms. The van der Waals surface area contributed by atoms with Crippen molar-refractivity contribution < 1.29 is 9.53 Å². The van der Waals surface area contributed by atoms with Crippen LogP contribution < -0.4 is 10.1 Å². The minimum absolute atomic E-state index is 0.0341. The van der Waals surface area contributed by atoms with Crippen molar-refractivity contribution in [2.24, 2.45) is 0 Å². The molecule has 0 saturated carbocycles. The second kappa shape index (κ2) is 6.39. The summed E-state index contributed by atoms with van der Waals surface area (Å²) in [6, 6.07) is 6.12. The second-order valence-corrected chi connectivity index (χ2v) is 7.61. The van der Waals surface area contributed by atoms with Gasteiger partial charge in [-0.15, -0.1) is 11.3 Å². The third-order valence-electron chi connectivity index (χ3n) is 4.68. The van der Waals surface area contributed by atoms with Crippen molar-refractivity contribution in [3.05, 3.63) is 35.5 Å². The van der Waals surface area contributed by atoms with Crippen LogP contribution in [0.25, 0.3) is 0 Å². The average Bonchev–Trinajstić information content (AvgIpc) is 3.09. The molecule has 2 aliphatic rings. The number of amides is 2. The first-order valence-electron chi connectivity index (χ1n) is 8.28. The number of thiazole rings is 1. The van der Waals surface area contributed by atoms with Gasteiger partial charge in [-0.3, -0.25) is 5.32 Å². The maximum absolute atomic E-state index is 12.6. The molecule has 2 bridgehead atoms. The van der Waals surface area contributed by atoms with Gasteiger partial charge in [0.2, 0.25) is 5.88 Å². The summed E-state index contributed by atoms with van der Waals surface area (Å²) in [6.45, 7) is 1.98. The molecule has 2 amide bonds. The molecular weight excluding hydrogens is 324 g/mol. The van der Waals surface area contributed by atoms with Gasteiger partial charge in [0.15, 0.2) is 5.13 Å². The largest absolute Gasteiger partial charge is 0.474 e. The van der Waals surface area contributed by atoms with Crippen LogP contribution in [0.5, 0.6) is 5.88 Å². The molecule has 2 fully saturated rings. The molecule has 0 aromatic carbocycles. The number of piperidine rings is 1. The topological polar surface area (TPSA) is 67.4 Å². The summed E-state index contributed by atoms with van der Waals surface area (Å²) in [7, 11) is 0. The molecule has 2 atom stereocenters. The van der Waals surface area contributed by atoms with Crippen LogP contribution in [0.15, 0.2) is 30.6 Å². The molecule has 0 aliphatic carbocycles. The molecule has 24 heavy (non-hydrogen) atoms. The smallest absolute Gasteiger partial charge is 0.324 e. The average molecular weight is 344 g/mol. The quantitative estimate of drug-likeness (QED) is 0.926. The number of ether oxygens (including phenoxy) is 1. The Bertz CT molecular complexity index is 706. The SMILES string of the molecule is Cc1cnc(NC(=O)N2C3CCC2CC(Oc2ccccn2)C3)s1. The standard InChI is InChI=1S/C17H20N4O2S/c1-11-10-19-16(24-11)20-17(22)21-12-5-6-13(21)9-14(8-12)23-15-4-2-3-7-18-15/h2-4,7,10,12-14H,5-6,8-9H2,1H3,(H,19,20,22). The molecule has 4 heterocycles. The fraction of sp³-hybridized carbons (Fsp3) is 0.471. The number of carbonyl (C=O) groups is 1. The molecule has 2 aromatic heterocycles. The van der Waals surface area contributed by atoms with Crippen molar-refractivity contribution in [3.8, 4) is 5.88 Å². The molecule has 2 aliphatic heterocycles. The fourth-order valence-corrected chi connectivity index (χ4v) is 4.37. The highest BCUT2D eigenvalue weighted by atomic mass is 32.1. The first-order chi connectivity index (χ1) is 11.7. The summed E-state index contributed by atoms with van der Waals surface area (Å²) >= 11 is 1.50. The molecule has 6 nitrogen and oxygen atoms in total. The van der Waals surface area contributed by atoms with Gasteiger partial charge in [-0.05, 0) is 25.8 Å². The molecule has 0 spiro atoms. The van der Waals surface area contributed by atoms with Gasteiger partial charge in [-0.25, -0.2) is 14.8 Å². The molecular formula is C17H20N4O2S. The van der Waals surface area contributed by atoms with E-state index in [-0.39, 0.29) is 24.2 Å². The number of anilines is 1. The van der Waals surface area contributed by atoms with Crippen molar-refractivity contribution >= 4 is 22.5 Å². The minimum atomic E-state index is -0.0341. The summed E-state index contributed by atoms with van der Waals surface area (Å²) < 4.78 is 6.01. The highest BCUT2D eigenvalue weighted by molar-refractivity contribution is 7.15. The Morgan fingerprint density at radius 2 is 2.08 bits per heavy atom. The Labute approximate surface area is 144 Å². The van der Waals surface area contributed by atoms with E-state index in [1.165, 1.54) is 11.3 Å². The number of fused-ring (bicyclic) bond motifs is 2. The van der Waals surface area contributed by atoms with Crippen LogP contribution in [-0.2, 0) is 0 Å². The predicted octanol–water partition coefficient (Wildman–Crippen LogP) is 3.45. The summed E-state index contributed by atoms with van der Waals surface area (Å²) in [6.07, 6.45) is 7.44. The summed E-state index contributed by atoms with van der Waals surface area (Å²) in [5.41, 5.74) is 0.